The maximum absolute atomic E-state index is 13.0. The maximum Gasteiger partial charge on any atom is 0.246 e. The number of carbonyl (C=O) groups excluding carboxylic acids is 2. The monoisotopic (exact) mass is 548 g/mol. The molecule has 5 aromatic rings. The summed E-state index contributed by atoms with van der Waals surface area (Å²) in [6.45, 7) is 5.08. The van der Waals surface area contributed by atoms with E-state index >= 15 is 0 Å². The molecule has 5 rings (SSSR count). The van der Waals surface area contributed by atoms with Crippen LogP contribution in [0.5, 0.6) is 0 Å². The molecule has 0 saturated heterocycles. The standard InChI is InChI=1S/C33H36N6O2/c1-21-27(25-9-5-7-11-29(25)36-21)19-38(3)31(40)15-13-23-17-24(33(34)35-18-23)14-16-32(41)39(4)20-28-22(2)37-30-12-8-6-10-26(28)30/h5-13,15,17-18,36-37H,14,16,19-20H2,1-4H3,(H2,34,35). The summed E-state index contributed by atoms with van der Waals surface area (Å²) in [5, 5.41) is 2.26. The Morgan fingerprint density at radius 2 is 1.44 bits per heavy atom. The van der Waals surface area contributed by atoms with Crippen molar-refractivity contribution in [3.63, 3.8) is 0 Å². The summed E-state index contributed by atoms with van der Waals surface area (Å²) in [6, 6.07) is 18.1. The highest BCUT2D eigenvalue weighted by Crippen LogP contribution is 2.25. The maximum atomic E-state index is 13.0. The minimum atomic E-state index is -0.113. The molecule has 3 aromatic heterocycles. The Morgan fingerprint density at radius 1 is 0.878 bits per heavy atom. The van der Waals surface area contributed by atoms with E-state index in [1.165, 1.54) is 0 Å². The van der Waals surface area contributed by atoms with Crippen molar-refractivity contribution in [3.8, 4) is 0 Å². The normalized spacial score (nSPS) is 11.5. The van der Waals surface area contributed by atoms with Crippen LogP contribution < -0.4 is 5.73 Å². The lowest BCUT2D eigenvalue weighted by Crippen LogP contribution is -2.26. The van der Waals surface area contributed by atoms with E-state index in [0.29, 0.717) is 31.7 Å². The number of aromatic amines is 2. The van der Waals surface area contributed by atoms with Crippen LogP contribution in [-0.4, -0.2) is 50.7 Å². The van der Waals surface area contributed by atoms with Crippen molar-refractivity contribution in [2.24, 2.45) is 0 Å². The number of H-pyrrole nitrogens is 2. The number of anilines is 1. The first-order valence-corrected chi connectivity index (χ1v) is 13.7. The molecule has 0 atom stereocenters. The molecule has 8 nitrogen and oxygen atoms in total. The van der Waals surface area contributed by atoms with Crippen LogP contribution in [0.3, 0.4) is 0 Å². The van der Waals surface area contributed by atoms with Gasteiger partial charge in [-0.2, -0.15) is 0 Å². The zero-order valence-corrected chi connectivity index (χ0v) is 24.0. The third-order valence-electron chi connectivity index (χ3n) is 7.70. The van der Waals surface area contributed by atoms with E-state index in [9.17, 15) is 9.59 Å². The van der Waals surface area contributed by atoms with E-state index in [-0.39, 0.29) is 11.8 Å². The first-order valence-electron chi connectivity index (χ1n) is 13.7. The summed E-state index contributed by atoms with van der Waals surface area (Å²) in [6.07, 6.45) is 5.70. The molecule has 0 bridgehead atoms. The third kappa shape index (κ3) is 6.01. The van der Waals surface area contributed by atoms with E-state index < -0.39 is 0 Å². The number of fused-ring (bicyclic) bond motifs is 2. The van der Waals surface area contributed by atoms with E-state index in [1.54, 1.807) is 35.2 Å². The lowest BCUT2D eigenvalue weighted by molar-refractivity contribution is -0.130. The fourth-order valence-electron chi connectivity index (χ4n) is 5.28. The van der Waals surface area contributed by atoms with Crippen LogP contribution in [-0.2, 0) is 29.1 Å². The molecule has 0 unspecified atom stereocenters. The van der Waals surface area contributed by atoms with Gasteiger partial charge >= 0.3 is 0 Å². The van der Waals surface area contributed by atoms with Gasteiger partial charge in [-0.25, -0.2) is 4.98 Å². The molecule has 2 amide bonds. The van der Waals surface area contributed by atoms with Gasteiger partial charge < -0.3 is 25.5 Å². The van der Waals surface area contributed by atoms with E-state index in [2.05, 4.69) is 27.1 Å². The smallest absolute Gasteiger partial charge is 0.246 e. The number of para-hydroxylation sites is 2. The number of carbonyl (C=O) groups is 2. The molecule has 210 valence electrons. The first kappa shape index (κ1) is 27.7. The average Bonchev–Trinajstić information content (AvgIpc) is 3.46. The number of pyridine rings is 1. The van der Waals surface area contributed by atoms with Crippen LogP contribution in [0.2, 0.25) is 0 Å². The van der Waals surface area contributed by atoms with Gasteiger partial charge in [-0.15, -0.1) is 0 Å². The fourth-order valence-corrected chi connectivity index (χ4v) is 5.28. The topological polar surface area (TPSA) is 111 Å². The predicted molar refractivity (Wildman–Crippen MR) is 165 cm³/mol. The number of nitrogen functional groups attached to an aromatic ring is 1. The molecule has 4 N–H and O–H groups in total. The van der Waals surface area contributed by atoms with E-state index in [0.717, 1.165) is 55.4 Å². The highest BCUT2D eigenvalue weighted by molar-refractivity contribution is 5.92. The van der Waals surface area contributed by atoms with Gasteiger partial charge in [0.2, 0.25) is 11.8 Å². The minimum Gasteiger partial charge on any atom is -0.383 e. The van der Waals surface area contributed by atoms with Crippen LogP contribution >= 0.6 is 0 Å². The largest absolute Gasteiger partial charge is 0.383 e. The zero-order valence-electron chi connectivity index (χ0n) is 24.0. The molecular weight excluding hydrogens is 512 g/mol. The van der Waals surface area contributed by atoms with Crippen molar-refractivity contribution in [2.45, 2.75) is 39.8 Å². The molecule has 41 heavy (non-hydrogen) atoms. The number of amides is 2. The Hall–Kier alpha value is -4.85. The molecule has 0 aliphatic heterocycles. The van der Waals surface area contributed by atoms with Crippen LogP contribution in [0.25, 0.3) is 27.9 Å². The van der Waals surface area contributed by atoms with Gasteiger partial charge in [0.05, 0.1) is 0 Å². The molecule has 3 heterocycles. The van der Waals surface area contributed by atoms with Crippen LogP contribution in [0.1, 0.15) is 40.1 Å². The number of nitrogens with two attached hydrogens (primary N) is 1. The number of nitrogens with one attached hydrogen (secondary N) is 2. The van der Waals surface area contributed by atoms with Gasteiger partial charge in [0.25, 0.3) is 0 Å². The Kier molecular flexibility index (Phi) is 7.92. The van der Waals surface area contributed by atoms with Gasteiger partial charge in [-0.3, -0.25) is 9.59 Å². The first-order chi connectivity index (χ1) is 19.7. The Bertz CT molecular complexity index is 1760. The Morgan fingerprint density at radius 3 is 2.05 bits per heavy atom. The molecule has 0 radical (unpaired) electrons. The highest BCUT2D eigenvalue weighted by atomic mass is 16.2. The minimum absolute atomic E-state index is 0.0272. The van der Waals surface area contributed by atoms with Crippen molar-refractivity contribution >= 4 is 45.5 Å². The van der Waals surface area contributed by atoms with E-state index in [1.807, 2.05) is 63.4 Å². The number of aryl methyl sites for hydroxylation is 3. The van der Waals surface area contributed by atoms with Crippen molar-refractivity contribution in [2.75, 3.05) is 19.8 Å². The molecule has 0 spiro atoms. The van der Waals surface area contributed by atoms with Gasteiger partial charge in [0, 0.05) is 79.1 Å². The molecule has 2 aromatic carbocycles. The fraction of sp³-hybridized carbons (Fsp3) is 0.242. The van der Waals surface area contributed by atoms with Gasteiger partial charge in [0.1, 0.15) is 5.82 Å². The number of nitrogens with zero attached hydrogens (tertiary/aromatic N) is 3. The summed E-state index contributed by atoms with van der Waals surface area (Å²) >= 11 is 0. The number of benzene rings is 2. The molecule has 0 fully saturated rings. The second kappa shape index (κ2) is 11.7. The van der Waals surface area contributed by atoms with Crippen molar-refractivity contribution in [3.05, 3.63) is 101 Å². The Balaban J connectivity index is 1.20. The van der Waals surface area contributed by atoms with Gasteiger partial charge in [-0.05, 0) is 66.8 Å². The van der Waals surface area contributed by atoms with Gasteiger partial charge in [0.15, 0.2) is 0 Å². The lowest BCUT2D eigenvalue weighted by atomic mass is 10.1. The number of likely N-dealkylation sites (N-methyl/N-ethyl adjacent to an activating group) is 1. The summed E-state index contributed by atoms with van der Waals surface area (Å²) < 4.78 is 0. The third-order valence-corrected chi connectivity index (χ3v) is 7.70. The SMILES string of the molecule is Cc1[nH]c2ccccc2c1CN(C)C(=O)C=Cc1cnc(N)c(CCC(=O)N(C)Cc2c(C)[nH]c3ccccc23)c1. The molecule has 0 saturated carbocycles. The summed E-state index contributed by atoms with van der Waals surface area (Å²) in [7, 11) is 3.62. The van der Waals surface area contributed by atoms with E-state index in [4.69, 9.17) is 5.73 Å². The lowest BCUT2D eigenvalue weighted by Gasteiger charge is -2.18. The van der Waals surface area contributed by atoms with Crippen molar-refractivity contribution in [1.29, 1.82) is 0 Å². The number of rotatable bonds is 9. The second-order valence-corrected chi connectivity index (χ2v) is 10.6. The summed E-state index contributed by atoms with van der Waals surface area (Å²) in [5.74, 6) is 0.306. The number of aromatic nitrogens is 3. The van der Waals surface area contributed by atoms with Crippen molar-refractivity contribution in [1.82, 2.24) is 24.8 Å². The van der Waals surface area contributed by atoms with Crippen LogP contribution in [0.15, 0.2) is 66.9 Å². The quantitative estimate of drug-likeness (QED) is 0.211. The number of hydrogen-bond donors (Lipinski definition) is 3. The highest BCUT2D eigenvalue weighted by Gasteiger charge is 2.16. The molecule has 0 aliphatic carbocycles. The van der Waals surface area contributed by atoms with Crippen LogP contribution in [0, 0.1) is 13.8 Å². The second-order valence-electron chi connectivity index (χ2n) is 10.6. The molecule has 8 heteroatoms. The summed E-state index contributed by atoms with van der Waals surface area (Å²) in [4.78, 5) is 40.4. The van der Waals surface area contributed by atoms with Crippen molar-refractivity contribution < 1.29 is 9.59 Å². The Labute approximate surface area is 239 Å². The molecular formula is C33H36N6O2. The van der Waals surface area contributed by atoms with Crippen LogP contribution in [0.4, 0.5) is 5.82 Å². The number of hydrogen-bond acceptors (Lipinski definition) is 4. The summed E-state index contributed by atoms with van der Waals surface area (Å²) in [5.41, 5.74) is 14.2. The molecule has 0 aliphatic rings. The average molecular weight is 549 g/mol. The predicted octanol–water partition coefficient (Wildman–Crippen LogP) is 5.51. The van der Waals surface area contributed by atoms with Gasteiger partial charge in [-0.1, -0.05) is 36.4 Å². The zero-order chi connectivity index (χ0) is 29.1.